The lowest BCUT2D eigenvalue weighted by Gasteiger charge is -2.33. The number of piperidine rings is 1. The lowest BCUT2D eigenvalue weighted by molar-refractivity contribution is 0.0439. The van der Waals surface area contributed by atoms with Crippen molar-refractivity contribution >= 4 is 0 Å². The van der Waals surface area contributed by atoms with E-state index in [1.54, 1.807) is 0 Å². The summed E-state index contributed by atoms with van der Waals surface area (Å²) < 4.78 is 5.81. The third kappa shape index (κ3) is 3.14. The Morgan fingerprint density at radius 3 is 2.76 bits per heavy atom. The lowest BCUT2D eigenvalue weighted by Crippen LogP contribution is -2.39. The van der Waals surface area contributed by atoms with Crippen LogP contribution in [0, 0.1) is 6.92 Å². The van der Waals surface area contributed by atoms with Crippen LogP contribution in [-0.4, -0.2) is 39.4 Å². The maximum absolute atomic E-state index is 9.78. The number of hydrogen-bond acceptors (Lipinski definition) is 5. The molecule has 112 valence electrons. The lowest BCUT2D eigenvalue weighted by atomic mass is 10.1. The summed E-state index contributed by atoms with van der Waals surface area (Å²) in [5, 5.41) is 18.1. The summed E-state index contributed by atoms with van der Waals surface area (Å²) in [5.41, 5.74) is 2.14. The van der Waals surface area contributed by atoms with Crippen LogP contribution < -0.4 is 0 Å². The first-order valence-corrected chi connectivity index (χ1v) is 7.46. The van der Waals surface area contributed by atoms with Crippen LogP contribution in [0.1, 0.15) is 37.3 Å². The number of nitrogens with zero attached hydrogens (tertiary/aromatic N) is 3. The smallest absolute Gasteiger partial charge is 0.247 e. The van der Waals surface area contributed by atoms with Gasteiger partial charge in [0.2, 0.25) is 11.8 Å². The van der Waals surface area contributed by atoms with Crippen molar-refractivity contribution in [1.29, 1.82) is 0 Å². The van der Waals surface area contributed by atoms with Crippen LogP contribution in [0.2, 0.25) is 0 Å². The van der Waals surface area contributed by atoms with Gasteiger partial charge in [0.1, 0.15) is 0 Å². The normalized spacial score (nSPS) is 21.4. The Morgan fingerprint density at radius 1 is 1.29 bits per heavy atom. The average molecular weight is 287 g/mol. The van der Waals surface area contributed by atoms with Gasteiger partial charge in [-0.15, -0.1) is 10.2 Å². The van der Waals surface area contributed by atoms with Crippen molar-refractivity contribution in [2.45, 2.75) is 38.8 Å². The molecule has 2 heterocycles. The third-order valence-electron chi connectivity index (χ3n) is 4.07. The SMILES string of the molecule is Cc1ccc(-c2nnc(C(C)N3CCCC(O)C3)o2)cc1. The van der Waals surface area contributed by atoms with Crippen LogP contribution in [-0.2, 0) is 0 Å². The minimum absolute atomic E-state index is 0.0339. The van der Waals surface area contributed by atoms with E-state index in [-0.39, 0.29) is 12.1 Å². The molecule has 5 heteroatoms. The van der Waals surface area contributed by atoms with Gasteiger partial charge in [-0.2, -0.15) is 0 Å². The molecule has 0 aliphatic carbocycles. The zero-order chi connectivity index (χ0) is 14.8. The number of aliphatic hydroxyl groups is 1. The summed E-state index contributed by atoms with van der Waals surface area (Å²) in [5.74, 6) is 1.16. The van der Waals surface area contributed by atoms with E-state index in [1.165, 1.54) is 5.56 Å². The van der Waals surface area contributed by atoms with Gasteiger partial charge >= 0.3 is 0 Å². The van der Waals surface area contributed by atoms with E-state index in [1.807, 2.05) is 38.1 Å². The van der Waals surface area contributed by atoms with E-state index in [0.29, 0.717) is 18.3 Å². The van der Waals surface area contributed by atoms with Crippen molar-refractivity contribution in [3.63, 3.8) is 0 Å². The summed E-state index contributed by atoms with van der Waals surface area (Å²) in [7, 11) is 0. The summed E-state index contributed by atoms with van der Waals surface area (Å²) in [6, 6.07) is 8.07. The van der Waals surface area contributed by atoms with Crippen LogP contribution >= 0.6 is 0 Å². The predicted octanol–water partition coefficient (Wildman–Crippen LogP) is 2.56. The number of aromatic nitrogens is 2. The molecule has 1 saturated heterocycles. The van der Waals surface area contributed by atoms with Gasteiger partial charge in [-0.05, 0) is 45.4 Å². The molecule has 2 atom stereocenters. The van der Waals surface area contributed by atoms with Crippen LogP contribution in [0.3, 0.4) is 0 Å². The van der Waals surface area contributed by atoms with Gasteiger partial charge in [0, 0.05) is 12.1 Å². The predicted molar refractivity (Wildman–Crippen MR) is 79.7 cm³/mol. The largest absolute Gasteiger partial charge is 0.419 e. The molecule has 2 aromatic rings. The summed E-state index contributed by atoms with van der Waals surface area (Å²) >= 11 is 0. The van der Waals surface area contributed by atoms with Gasteiger partial charge < -0.3 is 9.52 Å². The Balaban J connectivity index is 1.76. The van der Waals surface area contributed by atoms with E-state index in [0.717, 1.165) is 24.9 Å². The van der Waals surface area contributed by atoms with Gasteiger partial charge in [-0.1, -0.05) is 17.7 Å². The van der Waals surface area contributed by atoms with Gasteiger partial charge in [0.25, 0.3) is 0 Å². The van der Waals surface area contributed by atoms with Crippen LogP contribution in [0.15, 0.2) is 28.7 Å². The zero-order valence-electron chi connectivity index (χ0n) is 12.5. The fraction of sp³-hybridized carbons (Fsp3) is 0.500. The molecule has 2 unspecified atom stereocenters. The van der Waals surface area contributed by atoms with Crippen LogP contribution in [0.5, 0.6) is 0 Å². The van der Waals surface area contributed by atoms with Crippen molar-refractivity contribution in [3.8, 4) is 11.5 Å². The van der Waals surface area contributed by atoms with Crippen LogP contribution in [0.25, 0.3) is 11.5 Å². The number of likely N-dealkylation sites (tertiary alicyclic amines) is 1. The molecule has 1 N–H and O–H groups in total. The highest BCUT2D eigenvalue weighted by atomic mass is 16.4. The minimum Gasteiger partial charge on any atom is -0.419 e. The van der Waals surface area contributed by atoms with Gasteiger partial charge in [0.15, 0.2) is 0 Å². The minimum atomic E-state index is -0.249. The monoisotopic (exact) mass is 287 g/mol. The Bertz CT molecular complexity index is 594. The van der Waals surface area contributed by atoms with E-state index in [4.69, 9.17) is 4.42 Å². The van der Waals surface area contributed by atoms with E-state index < -0.39 is 0 Å². The first-order chi connectivity index (χ1) is 10.1. The van der Waals surface area contributed by atoms with Crippen molar-refractivity contribution in [2.75, 3.05) is 13.1 Å². The Kier molecular flexibility index (Phi) is 4.03. The molecule has 3 rings (SSSR count). The molecule has 1 fully saturated rings. The number of aliphatic hydroxyl groups excluding tert-OH is 1. The maximum Gasteiger partial charge on any atom is 0.247 e. The molecule has 1 aromatic carbocycles. The molecule has 21 heavy (non-hydrogen) atoms. The zero-order valence-corrected chi connectivity index (χ0v) is 12.5. The summed E-state index contributed by atoms with van der Waals surface area (Å²) in [6.45, 7) is 5.72. The van der Waals surface area contributed by atoms with Gasteiger partial charge in [0.05, 0.1) is 12.1 Å². The van der Waals surface area contributed by atoms with Crippen molar-refractivity contribution in [2.24, 2.45) is 0 Å². The maximum atomic E-state index is 9.78. The quantitative estimate of drug-likeness (QED) is 0.940. The molecule has 1 aromatic heterocycles. The fourth-order valence-corrected chi connectivity index (χ4v) is 2.71. The first kappa shape index (κ1) is 14.2. The van der Waals surface area contributed by atoms with Gasteiger partial charge in [-0.25, -0.2) is 0 Å². The van der Waals surface area contributed by atoms with Crippen molar-refractivity contribution in [1.82, 2.24) is 15.1 Å². The Labute approximate surface area is 124 Å². The topological polar surface area (TPSA) is 62.4 Å². The number of aryl methyl sites for hydroxylation is 1. The molecular weight excluding hydrogens is 266 g/mol. The number of rotatable bonds is 3. The third-order valence-corrected chi connectivity index (χ3v) is 4.07. The molecule has 0 spiro atoms. The standard InChI is InChI=1S/C16H21N3O2/c1-11-5-7-13(8-6-11)16-18-17-15(21-16)12(2)19-9-3-4-14(20)10-19/h5-8,12,14,20H,3-4,9-10H2,1-2H3. The van der Waals surface area contributed by atoms with Crippen molar-refractivity contribution in [3.05, 3.63) is 35.7 Å². The second-order valence-electron chi connectivity index (χ2n) is 5.78. The molecular formula is C16H21N3O2. The highest BCUT2D eigenvalue weighted by Crippen LogP contribution is 2.26. The molecule has 0 radical (unpaired) electrons. The molecule has 1 aliphatic heterocycles. The molecule has 5 nitrogen and oxygen atoms in total. The van der Waals surface area contributed by atoms with E-state index in [9.17, 15) is 5.11 Å². The van der Waals surface area contributed by atoms with Crippen LogP contribution in [0.4, 0.5) is 0 Å². The highest BCUT2D eigenvalue weighted by Gasteiger charge is 2.26. The van der Waals surface area contributed by atoms with Gasteiger partial charge in [-0.3, -0.25) is 4.90 Å². The summed E-state index contributed by atoms with van der Waals surface area (Å²) in [6.07, 6.45) is 1.63. The van der Waals surface area contributed by atoms with Crippen molar-refractivity contribution < 1.29 is 9.52 Å². The molecule has 0 saturated carbocycles. The first-order valence-electron chi connectivity index (χ1n) is 7.46. The Morgan fingerprint density at radius 2 is 2.05 bits per heavy atom. The second-order valence-corrected chi connectivity index (χ2v) is 5.78. The molecule has 0 bridgehead atoms. The molecule has 1 aliphatic rings. The molecule has 0 amide bonds. The summed E-state index contributed by atoms with van der Waals surface area (Å²) in [4.78, 5) is 2.20. The number of β-amino-alcohol motifs (C(OH)–C–C–N with tert-alkyl or cyclic N) is 1. The number of hydrogen-bond donors (Lipinski definition) is 1. The average Bonchev–Trinajstić information content (AvgIpc) is 2.97. The van der Waals surface area contributed by atoms with E-state index in [2.05, 4.69) is 15.1 Å². The number of benzene rings is 1. The second kappa shape index (κ2) is 5.95. The highest BCUT2D eigenvalue weighted by molar-refractivity contribution is 5.52. The fourth-order valence-electron chi connectivity index (χ4n) is 2.71. The Hall–Kier alpha value is -1.72. The van der Waals surface area contributed by atoms with E-state index >= 15 is 0 Å².